The van der Waals surface area contributed by atoms with Gasteiger partial charge in [0, 0.05) is 17.4 Å². The fourth-order valence-corrected chi connectivity index (χ4v) is 3.28. The Bertz CT molecular complexity index is 943. The van der Waals surface area contributed by atoms with E-state index in [-0.39, 0.29) is 11.4 Å². The highest BCUT2D eigenvalue weighted by atomic mass is 32.2. The van der Waals surface area contributed by atoms with Crippen molar-refractivity contribution >= 4 is 17.4 Å². The normalized spacial score (nSPS) is 10.6. The summed E-state index contributed by atoms with van der Waals surface area (Å²) in [5.41, 5.74) is 1.66. The second-order valence-electron chi connectivity index (χ2n) is 5.70. The Morgan fingerprint density at radius 2 is 1.86 bits per heavy atom. The van der Waals surface area contributed by atoms with Crippen LogP contribution in [0.4, 0.5) is 5.69 Å². The summed E-state index contributed by atoms with van der Waals surface area (Å²) >= 11 is 1.40. The Morgan fingerprint density at radius 1 is 1.11 bits per heavy atom. The van der Waals surface area contributed by atoms with Crippen LogP contribution in [-0.4, -0.2) is 33.3 Å². The summed E-state index contributed by atoms with van der Waals surface area (Å²) in [6.07, 6.45) is 0. The highest BCUT2D eigenvalue weighted by Crippen LogP contribution is 2.30. The molecule has 0 aliphatic heterocycles. The van der Waals surface area contributed by atoms with Gasteiger partial charge in [-0.2, -0.15) is 0 Å². The van der Waals surface area contributed by atoms with Gasteiger partial charge in [-0.1, -0.05) is 17.8 Å². The number of aromatic amines is 1. The predicted molar refractivity (Wildman–Crippen MR) is 107 cm³/mol. The number of ether oxygens (including phenoxy) is 2. The number of H-pyrrole nitrogens is 1. The van der Waals surface area contributed by atoms with Crippen molar-refractivity contribution in [1.29, 1.82) is 0 Å². The Balaban J connectivity index is 1.67. The maximum Gasteiger partial charge on any atom is 0.311 e. The minimum Gasteiger partial charge on any atom is -0.494 e. The average molecular weight is 400 g/mol. The zero-order valence-corrected chi connectivity index (χ0v) is 16.4. The van der Waals surface area contributed by atoms with Gasteiger partial charge >= 0.3 is 5.69 Å². The number of hydrogen-bond acceptors (Lipinski definition) is 7. The molecule has 28 heavy (non-hydrogen) atoms. The van der Waals surface area contributed by atoms with E-state index in [9.17, 15) is 10.1 Å². The number of hydrogen-bond donors (Lipinski definition) is 1. The monoisotopic (exact) mass is 400 g/mol. The fourth-order valence-electron chi connectivity index (χ4n) is 2.54. The zero-order valence-electron chi connectivity index (χ0n) is 15.5. The smallest absolute Gasteiger partial charge is 0.311 e. The van der Waals surface area contributed by atoms with E-state index in [0.29, 0.717) is 29.9 Å². The molecule has 0 radical (unpaired) electrons. The molecule has 9 heteroatoms. The first-order chi connectivity index (χ1) is 13.6. The first kappa shape index (κ1) is 19.7. The fraction of sp³-hybridized carbons (Fsp3) is 0.263. The van der Waals surface area contributed by atoms with Crippen molar-refractivity contribution in [3.63, 3.8) is 0 Å². The molecule has 0 aliphatic carbocycles. The van der Waals surface area contributed by atoms with Crippen LogP contribution in [0.3, 0.4) is 0 Å². The van der Waals surface area contributed by atoms with Gasteiger partial charge in [-0.05, 0) is 49.7 Å². The molecule has 1 heterocycles. The molecule has 2 aromatic carbocycles. The van der Waals surface area contributed by atoms with E-state index in [1.54, 1.807) is 13.0 Å². The molecule has 0 aliphatic rings. The number of aromatic nitrogens is 3. The molecule has 8 nitrogen and oxygen atoms in total. The van der Waals surface area contributed by atoms with E-state index >= 15 is 0 Å². The van der Waals surface area contributed by atoms with Crippen LogP contribution in [0.25, 0.3) is 11.4 Å². The molecular formula is C19H20N4O4S. The Hall–Kier alpha value is -3.07. The van der Waals surface area contributed by atoms with E-state index in [1.165, 1.54) is 17.8 Å². The molecule has 0 saturated heterocycles. The quantitative estimate of drug-likeness (QED) is 0.321. The number of rotatable bonds is 9. The van der Waals surface area contributed by atoms with Crippen molar-refractivity contribution in [2.75, 3.05) is 13.2 Å². The summed E-state index contributed by atoms with van der Waals surface area (Å²) in [6.45, 7) is 4.72. The first-order valence-electron chi connectivity index (χ1n) is 8.79. The second kappa shape index (κ2) is 9.23. The van der Waals surface area contributed by atoms with E-state index in [0.717, 1.165) is 16.9 Å². The third kappa shape index (κ3) is 4.80. The van der Waals surface area contributed by atoms with Crippen LogP contribution in [0, 0.1) is 10.1 Å². The standard InChI is InChI=1S/C19H20N4O4S/c1-3-26-15-8-6-14(7-9-15)18-20-19(22-21-18)28-12-13-5-10-17(27-4-2)16(11-13)23(24)25/h5-11H,3-4,12H2,1-2H3,(H,20,21,22). The molecule has 0 amide bonds. The Kier molecular flexibility index (Phi) is 6.49. The van der Waals surface area contributed by atoms with Gasteiger partial charge in [0.15, 0.2) is 11.6 Å². The van der Waals surface area contributed by atoms with Gasteiger partial charge in [0.2, 0.25) is 5.16 Å². The molecule has 3 aromatic rings. The maximum atomic E-state index is 11.2. The summed E-state index contributed by atoms with van der Waals surface area (Å²) in [6, 6.07) is 12.6. The van der Waals surface area contributed by atoms with Crippen molar-refractivity contribution in [2.45, 2.75) is 24.8 Å². The van der Waals surface area contributed by atoms with E-state index in [2.05, 4.69) is 15.2 Å². The topological polar surface area (TPSA) is 103 Å². The SMILES string of the molecule is CCOc1ccc(-c2nc(SCc3ccc(OCC)c([N+](=O)[O-])c3)n[nH]2)cc1. The van der Waals surface area contributed by atoms with Crippen molar-refractivity contribution < 1.29 is 14.4 Å². The average Bonchev–Trinajstić information content (AvgIpc) is 3.17. The Labute approximate surface area is 166 Å². The van der Waals surface area contributed by atoms with Crippen LogP contribution in [-0.2, 0) is 5.75 Å². The third-order valence-electron chi connectivity index (χ3n) is 3.79. The number of nitro benzene ring substituents is 1. The highest BCUT2D eigenvalue weighted by molar-refractivity contribution is 7.98. The summed E-state index contributed by atoms with van der Waals surface area (Å²) in [5, 5.41) is 18.9. The summed E-state index contributed by atoms with van der Waals surface area (Å²) < 4.78 is 10.7. The van der Waals surface area contributed by atoms with Crippen LogP contribution in [0.2, 0.25) is 0 Å². The molecule has 0 fully saturated rings. The van der Waals surface area contributed by atoms with Crippen LogP contribution in [0.5, 0.6) is 11.5 Å². The van der Waals surface area contributed by atoms with Gasteiger partial charge < -0.3 is 9.47 Å². The van der Waals surface area contributed by atoms with Gasteiger partial charge in [-0.25, -0.2) is 4.98 Å². The van der Waals surface area contributed by atoms with Crippen molar-refractivity contribution in [2.24, 2.45) is 0 Å². The number of nitrogens with one attached hydrogen (secondary N) is 1. The lowest BCUT2D eigenvalue weighted by atomic mass is 10.2. The van der Waals surface area contributed by atoms with Gasteiger partial charge in [-0.3, -0.25) is 15.2 Å². The molecular weight excluding hydrogens is 380 g/mol. The maximum absolute atomic E-state index is 11.2. The van der Waals surface area contributed by atoms with Gasteiger partial charge in [0.1, 0.15) is 5.75 Å². The molecule has 3 rings (SSSR count). The van der Waals surface area contributed by atoms with Crippen LogP contribution in [0.1, 0.15) is 19.4 Å². The first-order valence-corrected chi connectivity index (χ1v) is 9.77. The Morgan fingerprint density at radius 3 is 2.54 bits per heavy atom. The lowest BCUT2D eigenvalue weighted by Crippen LogP contribution is -1.98. The predicted octanol–water partition coefficient (Wildman–Crippen LogP) is 4.47. The molecule has 0 bridgehead atoms. The number of nitrogens with zero attached hydrogens (tertiary/aromatic N) is 3. The largest absolute Gasteiger partial charge is 0.494 e. The van der Waals surface area contributed by atoms with Crippen LogP contribution in [0.15, 0.2) is 47.6 Å². The summed E-state index contributed by atoms with van der Waals surface area (Å²) in [7, 11) is 0. The van der Waals surface area contributed by atoms with Crippen LogP contribution < -0.4 is 9.47 Å². The van der Waals surface area contributed by atoms with E-state index in [4.69, 9.17) is 9.47 Å². The number of benzene rings is 2. The molecule has 0 spiro atoms. The molecule has 1 N–H and O–H groups in total. The van der Waals surface area contributed by atoms with Crippen molar-refractivity contribution in [3.8, 4) is 22.9 Å². The molecule has 146 valence electrons. The van der Waals surface area contributed by atoms with Crippen molar-refractivity contribution in [1.82, 2.24) is 15.2 Å². The van der Waals surface area contributed by atoms with Crippen LogP contribution >= 0.6 is 11.8 Å². The third-order valence-corrected chi connectivity index (χ3v) is 4.71. The number of thioether (sulfide) groups is 1. The van der Waals surface area contributed by atoms with Gasteiger partial charge in [-0.15, -0.1) is 5.10 Å². The lowest BCUT2D eigenvalue weighted by Gasteiger charge is -2.05. The zero-order chi connectivity index (χ0) is 19.9. The van der Waals surface area contributed by atoms with Crippen molar-refractivity contribution in [3.05, 3.63) is 58.1 Å². The molecule has 0 unspecified atom stereocenters. The summed E-state index contributed by atoms with van der Waals surface area (Å²) in [4.78, 5) is 15.3. The van der Waals surface area contributed by atoms with Gasteiger partial charge in [0.05, 0.1) is 18.1 Å². The number of nitro groups is 1. The summed E-state index contributed by atoms with van der Waals surface area (Å²) in [5.74, 6) is 2.24. The lowest BCUT2D eigenvalue weighted by molar-refractivity contribution is -0.385. The highest BCUT2D eigenvalue weighted by Gasteiger charge is 2.16. The molecule has 0 atom stereocenters. The molecule has 1 aromatic heterocycles. The van der Waals surface area contributed by atoms with Gasteiger partial charge in [0.25, 0.3) is 0 Å². The van der Waals surface area contributed by atoms with E-state index in [1.807, 2.05) is 37.3 Å². The minimum atomic E-state index is -0.435. The van der Waals surface area contributed by atoms with E-state index < -0.39 is 4.92 Å². The minimum absolute atomic E-state index is 0.0370. The second-order valence-corrected chi connectivity index (χ2v) is 6.65. The molecule has 0 saturated carbocycles.